The fourth-order valence-electron chi connectivity index (χ4n) is 3.81. The molecule has 0 saturated heterocycles. The van der Waals surface area contributed by atoms with E-state index < -0.39 is 0 Å². The lowest BCUT2D eigenvalue weighted by atomic mass is 9.67. The van der Waals surface area contributed by atoms with Crippen LogP contribution >= 0.6 is 0 Å². The molecule has 2 rings (SSSR count). The number of Topliss-reactive ketones (excluding diaryl/α,β-unsaturated/α-hetero) is 1. The molecule has 0 radical (unpaired) electrons. The van der Waals surface area contributed by atoms with Gasteiger partial charge in [-0.05, 0) is 70.3 Å². The van der Waals surface area contributed by atoms with Gasteiger partial charge in [0.05, 0.1) is 0 Å². The predicted molar refractivity (Wildman–Crippen MR) is 90.5 cm³/mol. The van der Waals surface area contributed by atoms with Gasteiger partial charge in [0.15, 0.2) is 11.6 Å². The Morgan fingerprint density at radius 2 is 1.95 bits per heavy atom. The van der Waals surface area contributed by atoms with Crippen molar-refractivity contribution in [3.05, 3.63) is 34.4 Å². The summed E-state index contributed by atoms with van der Waals surface area (Å²) in [6.07, 6.45) is 7.97. The second-order valence-electron chi connectivity index (χ2n) is 7.27. The highest BCUT2D eigenvalue weighted by Crippen LogP contribution is 2.43. The minimum Gasteiger partial charge on any atom is -0.290 e. The molecule has 0 fully saturated rings. The van der Waals surface area contributed by atoms with Crippen molar-refractivity contribution in [1.82, 2.24) is 0 Å². The van der Waals surface area contributed by atoms with E-state index in [-0.39, 0.29) is 23.4 Å². The predicted octanol–water partition coefficient (Wildman–Crippen LogP) is 4.81. The molecule has 2 aliphatic rings. The number of ketones is 2. The lowest BCUT2D eigenvalue weighted by Gasteiger charge is -2.36. The molecule has 120 valence electrons. The molecule has 3 unspecified atom stereocenters. The van der Waals surface area contributed by atoms with Crippen molar-refractivity contribution in [3.8, 4) is 0 Å². The molecule has 0 spiro atoms. The van der Waals surface area contributed by atoms with Gasteiger partial charge in [-0.3, -0.25) is 9.59 Å². The van der Waals surface area contributed by atoms with E-state index in [1.807, 2.05) is 0 Å². The molecule has 0 bridgehead atoms. The van der Waals surface area contributed by atoms with Crippen LogP contribution in [0.2, 0.25) is 0 Å². The van der Waals surface area contributed by atoms with E-state index in [1.165, 1.54) is 11.6 Å². The second kappa shape index (κ2) is 6.76. The van der Waals surface area contributed by atoms with Crippen molar-refractivity contribution in [2.75, 3.05) is 0 Å². The van der Waals surface area contributed by atoms with Crippen LogP contribution in [-0.2, 0) is 9.59 Å². The van der Waals surface area contributed by atoms with Crippen molar-refractivity contribution < 1.29 is 9.59 Å². The number of hydrogen-bond donors (Lipinski definition) is 0. The highest BCUT2D eigenvalue weighted by Gasteiger charge is 2.39. The van der Waals surface area contributed by atoms with Crippen LogP contribution in [0.15, 0.2) is 34.4 Å². The minimum absolute atomic E-state index is 0.0702. The van der Waals surface area contributed by atoms with Crippen molar-refractivity contribution >= 4 is 11.6 Å². The van der Waals surface area contributed by atoms with Gasteiger partial charge in [0.1, 0.15) is 0 Å². The van der Waals surface area contributed by atoms with Gasteiger partial charge < -0.3 is 0 Å². The Labute approximate surface area is 134 Å². The number of carbonyl (C=O) groups is 2. The molecule has 0 aliphatic heterocycles. The Bertz CT molecular complexity index is 571. The van der Waals surface area contributed by atoms with E-state index >= 15 is 0 Å². The van der Waals surface area contributed by atoms with E-state index in [0.717, 1.165) is 36.8 Å². The fourth-order valence-corrected chi connectivity index (χ4v) is 3.81. The first kappa shape index (κ1) is 16.9. The molecule has 0 aromatic carbocycles. The zero-order valence-electron chi connectivity index (χ0n) is 14.5. The standard InChI is InChI=1S/C20H28O2/c1-12(2)7-6-8-13(3)16-10-9-14(4)18-17(21)11-15(5)20(22)19(16)18/h7,11,13-14,16H,6,8-10H2,1-5H3. The van der Waals surface area contributed by atoms with Gasteiger partial charge >= 0.3 is 0 Å². The average molecular weight is 300 g/mol. The Kier molecular flexibility index (Phi) is 5.20. The number of rotatable bonds is 4. The second-order valence-corrected chi connectivity index (χ2v) is 7.27. The van der Waals surface area contributed by atoms with Gasteiger partial charge in [-0.2, -0.15) is 0 Å². The fraction of sp³-hybridized carbons (Fsp3) is 0.600. The maximum atomic E-state index is 12.7. The molecule has 2 nitrogen and oxygen atoms in total. The third-order valence-corrected chi connectivity index (χ3v) is 5.14. The van der Waals surface area contributed by atoms with Crippen LogP contribution < -0.4 is 0 Å². The number of allylic oxidation sites excluding steroid dienone is 6. The van der Waals surface area contributed by atoms with Crippen LogP contribution in [0.3, 0.4) is 0 Å². The Balaban J connectivity index is 2.27. The van der Waals surface area contributed by atoms with E-state index in [4.69, 9.17) is 0 Å². The molecule has 0 aromatic heterocycles. The van der Waals surface area contributed by atoms with Crippen molar-refractivity contribution in [1.29, 1.82) is 0 Å². The van der Waals surface area contributed by atoms with Crippen LogP contribution in [0.4, 0.5) is 0 Å². The van der Waals surface area contributed by atoms with E-state index in [9.17, 15) is 9.59 Å². The Morgan fingerprint density at radius 1 is 1.27 bits per heavy atom. The van der Waals surface area contributed by atoms with Gasteiger partial charge in [0.2, 0.25) is 0 Å². The highest BCUT2D eigenvalue weighted by atomic mass is 16.1. The van der Waals surface area contributed by atoms with Crippen LogP contribution in [0.25, 0.3) is 0 Å². The maximum absolute atomic E-state index is 12.7. The molecule has 0 amide bonds. The van der Waals surface area contributed by atoms with Crippen LogP contribution in [0.1, 0.15) is 60.3 Å². The SMILES string of the molecule is CC(C)=CCCC(C)C1CCC(C)C2=C1C(=O)C(C)=CC2=O. The largest absolute Gasteiger partial charge is 0.290 e. The van der Waals surface area contributed by atoms with Crippen molar-refractivity contribution in [3.63, 3.8) is 0 Å². The molecule has 3 atom stereocenters. The Morgan fingerprint density at radius 3 is 2.59 bits per heavy atom. The monoisotopic (exact) mass is 300 g/mol. The number of hydrogen-bond acceptors (Lipinski definition) is 2. The normalized spacial score (nSPS) is 26.5. The maximum Gasteiger partial charge on any atom is 0.185 e. The quantitative estimate of drug-likeness (QED) is 0.551. The third-order valence-electron chi connectivity index (χ3n) is 5.14. The number of carbonyl (C=O) groups excluding carboxylic acids is 2. The molecule has 0 saturated carbocycles. The van der Waals surface area contributed by atoms with Gasteiger partial charge in [-0.1, -0.05) is 25.5 Å². The highest BCUT2D eigenvalue weighted by molar-refractivity contribution is 6.23. The first-order valence-corrected chi connectivity index (χ1v) is 8.47. The molecular weight excluding hydrogens is 272 g/mol. The molecule has 0 aromatic rings. The van der Waals surface area contributed by atoms with Crippen molar-refractivity contribution in [2.24, 2.45) is 17.8 Å². The van der Waals surface area contributed by atoms with Crippen LogP contribution in [0, 0.1) is 17.8 Å². The molecule has 22 heavy (non-hydrogen) atoms. The third kappa shape index (κ3) is 3.31. The van der Waals surface area contributed by atoms with Crippen molar-refractivity contribution in [2.45, 2.75) is 60.3 Å². The first-order valence-electron chi connectivity index (χ1n) is 8.47. The summed E-state index contributed by atoms with van der Waals surface area (Å²) in [5.74, 6) is 1.09. The summed E-state index contributed by atoms with van der Waals surface area (Å²) in [6.45, 7) is 10.3. The van der Waals surface area contributed by atoms with E-state index in [1.54, 1.807) is 6.92 Å². The van der Waals surface area contributed by atoms with Gasteiger partial charge in [0.25, 0.3) is 0 Å². The lowest BCUT2D eigenvalue weighted by molar-refractivity contribution is -0.117. The van der Waals surface area contributed by atoms with E-state index in [0.29, 0.717) is 11.5 Å². The first-order chi connectivity index (χ1) is 10.3. The molecule has 2 aliphatic carbocycles. The van der Waals surface area contributed by atoms with Gasteiger partial charge in [-0.15, -0.1) is 0 Å². The minimum atomic E-state index is 0.0702. The van der Waals surface area contributed by atoms with Crippen LogP contribution in [0.5, 0.6) is 0 Å². The van der Waals surface area contributed by atoms with Gasteiger partial charge in [-0.25, -0.2) is 0 Å². The average Bonchev–Trinajstić information content (AvgIpc) is 2.43. The summed E-state index contributed by atoms with van der Waals surface area (Å²) in [7, 11) is 0. The summed E-state index contributed by atoms with van der Waals surface area (Å²) >= 11 is 0. The van der Waals surface area contributed by atoms with E-state index in [2.05, 4.69) is 33.8 Å². The summed E-state index contributed by atoms with van der Waals surface area (Å²) < 4.78 is 0. The Hall–Kier alpha value is -1.44. The molecule has 0 heterocycles. The summed E-state index contributed by atoms with van der Waals surface area (Å²) in [5, 5.41) is 0. The smallest absolute Gasteiger partial charge is 0.185 e. The summed E-state index contributed by atoms with van der Waals surface area (Å²) in [6, 6.07) is 0. The zero-order valence-corrected chi connectivity index (χ0v) is 14.5. The van der Waals surface area contributed by atoms with Gasteiger partial charge in [0, 0.05) is 16.7 Å². The summed E-state index contributed by atoms with van der Waals surface area (Å²) in [4.78, 5) is 25.0. The molecular formula is C20H28O2. The topological polar surface area (TPSA) is 34.1 Å². The summed E-state index contributed by atoms with van der Waals surface area (Å²) in [5.41, 5.74) is 3.60. The molecule has 0 N–H and O–H groups in total. The molecule has 2 heteroatoms. The zero-order chi connectivity index (χ0) is 16.4. The lowest BCUT2D eigenvalue weighted by Crippen LogP contribution is -2.33. The van der Waals surface area contributed by atoms with Crippen LogP contribution in [-0.4, -0.2) is 11.6 Å².